The Morgan fingerprint density at radius 1 is 1.22 bits per heavy atom. The lowest BCUT2D eigenvalue weighted by Crippen LogP contribution is -2.43. The van der Waals surface area contributed by atoms with Gasteiger partial charge in [-0.05, 0) is 31.5 Å². The van der Waals surface area contributed by atoms with Crippen molar-refractivity contribution in [1.82, 2.24) is 4.90 Å². The zero-order valence-electron chi connectivity index (χ0n) is 12.9. The number of likely N-dealkylation sites (tertiary alicyclic amines) is 1. The molecule has 1 fully saturated rings. The number of amides is 2. The number of carbonyl (C=O) groups is 2. The molecule has 0 bridgehead atoms. The number of nitrogens with one attached hydrogen (secondary N) is 1. The van der Waals surface area contributed by atoms with Crippen molar-refractivity contribution >= 4 is 17.5 Å². The van der Waals surface area contributed by atoms with Gasteiger partial charge < -0.3 is 20.5 Å². The van der Waals surface area contributed by atoms with Crippen molar-refractivity contribution in [1.29, 1.82) is 0 Å². The molecule has 1 aromatic carbocycles. The molecule has 0 spiro atoms. The summed E-state index contributed by atoms with van der Waals surface area (Å²) in [5, 5.41) is 2.83. The van der Waals surface area contributed by atoms with Crippen molar-refractivity contribution in [3.63, 3.8) is 0 Å². The normalized spacial score (nSPS) is 20.8. The van der Waals surface area contributed by atoms with Gasteiger partial charge in [0.2, 0.25) is 11.8 Å². The lowest BCUT2D eigenvalue weighted by atomic mass is 10.2. The van der Waals surface area contributed by atoms with Crippen LogP contribution in [0.15, 0.2) is 18.2 Å². The summed E-state index contributed by atoms with van der Waals surface area (Å²) in [6.45, 7) is 2.09. The van der Waals surface area contributed by atoms with E-state index in [0.29, 0.717) is 43.4 Å². The molecule has 1 atom stereocenters. The highest BCUT2D eigenvalue weighted by atomic mass is 16.5. The minimum atomic E-state index is -0.370. The number of primary amides is 1. The second-order valence-corrected chi connectivity index (χ2v) is 5.79. The average Bonchev–Trinajstić information content (AvgIpc) is 2.84. The number of benzene rings is 1. The van der Waals surface area contributed by atoms with Crippen LogP contribution in [0.4, 0.5) is 5.69 Å². The summed E-state index contributed by atoms with van der Waals surface area (Å²) in [5.41, 5.74) is 6.01. The van der Waals surface area contributed by atoms with Crippen molar-refractivity contribution in [3.8, 4) is 11.5 Å². The minimum Gasteiger partial charge on any atom is -0.490 e. The van der Waals surface area contributed by atoms with Crippen LogP contribution in [0.3, 0.4) is 0 Å². The number of nitrogens with zero attached hydrogens (tertiary/aromatic N) is 1. The maximum Gasteiger partial charge on any atom is 0.238 e. The quantitative estimate of drug-likeness (QED) is 0.853. The van der Waals surface area contributed by atoms with E-state index in [-0.39, 0.29) is 24.4 Å². The zero-order valence-corrected chi connectivity index (χ0v) is 12.9. The fraction of sp³-hybridized carbons (Fsp3) is 0.500. The molecule has 0 saturated carbocycles. The van der Waals surface area contributed by atoms with Gasteiger partial charge in [0.15, 0.2) is 11.5 Å². The number of fused-ring (bicyclic) bond motifs is 1. The summed E-state index contributed by atoms with van der Waals surface area (Å²) < 4.78 is 11.2. The van der Waals surface area contributed by atoms with Crippen LogP contribution in [-0.4, -0.2) is 49.1 Å². The Morgan fingerprint density at radius 2 is 2.00 bits per heavy atom. The van der Waals surface area contributed by atoms with E-state index >= 15 is 0 Å². The standard InChI is InChI=1S/C16H21N3O4/c17-16(21)12-3-1-6-19(12)10-15(20)18-11-4-5-13-14(9-11)23-8-2-7-22-13/h4-5,9,12H,1-3,6-8,10H2,(H2,17,21)(H,18,20)/t12-/m0/s1. The fourth-order valence-electron chi connectivity index (χ4n) is 2.96. The average molecular weight is 319 g/mol. The van der Waals surface area contributed by atoms with Crippen LogP contribution in [0.25, 0.3) is 0 Å². The molecule has 3 N–H and O–H groups in total. The Labute approximate surface area is 134 Å². The number of hydrogen-bond donors (Lipinski definition) is 2. The number of nitrogens with two attached hydrogens (primary N) is 1. The van der Waals surface area contributed by atoms with Crippen LogP contribution in [-0.2, 0) is 9.59 Å². The lowest BCUT2D eigenvalue weighted by molar-refractivity contribution is -0.123. The van der Waals surface area contributed by atoms with Crippen molar-refractivity contribution in [3.05, 3.63) is 18.2 Å². The van der Waals surface area contributed by atoms with Crippen LogP contribution in [0.5, 0.6) is 11.5 Å². The molecule has 2 aliphatic heterocycles. The predicted molar refractivity (Wildman–Crippen MR) is 84.5 cm³/mol. The van der Waals surface area contributed by atoms with E-state index < -0.39 is 0 Å². The molecule has 124 valence electrons. The molecule has 2 amide bonds. The van der Waals surface area contributed by atoms with Gasteiger partial charge in [-0.15, -0.1) is 0 Å². The number of hydrogen-bond acceptors (Lipinski definition) is 5. The molecular weight excluding hydrogens is 298 g/mol. The summed E-state index contributed by atoms with van der Waals surface area (Å²) in [4.78, 5) is 25.4. The summed E-state index contributed by atoms with van der Waals surface area (Å²) in [5.74, 6) is 0.781. The SMILES string of the molecule is NC(=O)[C@@H]1CCCN1CC(=O)Nc1ccc2c(c1)OCCCO2. The van der Waals surface area contributed by atoms with Crippen LogP contribution in [0.1, 0.15) is 19.3 Å². The van der Waals surface area contributed by atoms with Crippen molar-refractivity contribution in [2.45, 2.75) is 25.3 Å². The van der Waals surface area contributed by atoms with Gasteiger partial charge in [0.25, 0.3) is 0 Å². The molecule has 3 rings (SSSR count). The second-order valence-electron chi connectivity index (χ2n) is 5.79. The van der Waals surface area contributed by atoms with Crippen molar-refractivity contribution in [2.75, 3.05) is 31.6 Å². The highest BCUT2D eigenvalue weighted by molar-refractivity contribution is 5.93. The molecular formula is C16H21N3O4. The smallest absolute Gasteiger partial charge is 0.238 e. The second kappa shape index (κ2) is 6.87. The fourth-order valence-corrected chi connectivity index (χ4v) is 2.96. The van der Waals surface area contributed by atoms with Gasteiger partial charge in [-0.1, -0.05) is 0 Å². The Balaban J connectivity index is 1.62. The largest absolute Gasteiger partial charge is 0.490 e. The Bertz CT molecular complexity index is 605. The topological polar surface area (TPSA) is 93.9 Å². The van der Waals surface area contributed by atoms with Crippen molar-refractivity contribution < 1.29 is 19.1 Å². The first-order chi connectivity index (χ1) is 11.1. The Hall–Kier alpha value is -2.28. The third-order valence-electron chi connectivity index (χ3n) is 4.07. The molecule has 23 heavy (non-hydrogen) atoms. The summed E-state index contributed by atoms with van der Waals surface area (Å²) in [6.07, 6.45) is 2.43. The first kappa shape index (κ1) is 15.6. The molecule has 0 radical (unpaired) electrons. The maximum atomic E-state index is 12.2. The summed E-state index contributed by atoms with van der Waals surface area (Å²) in [6, 6.07) is 4.98. The highest BCUT2D eigenvalue weighted by Crippen LogP contribution is 2.32. The molecule has 7 nitrogen and oxygen atoms in total. The number of carbonyl (C=O) groups excluding carboxylic acids is 2. The Morgan fingerprint density at radius 3 is 2.78 bits per heavy atom. The van der Waals surface area contributed by atoms with E-state index in [1.54, 1.807) is 18.2 Å². The van der Waals surface area contributed by atoms with Gasteiger partial charge in [0, 0.05) is 18.2 Å². The van der Waals surface area contributed by atoms with Gasteiger partial charge in [0.1, 0.15) is 0 Å². The predicted octanol–water partition coefficient (Wildman–Crippen LogP) is 0.736. The van der Waals surface area contributed by atoms with E-state index in [1.807, 2.05) is 4.90 Å². The van der Waals surface area contributed by atoms with Crippen LogP contribution in [0.2, 0.25) is 0 Å². The van der Waals surface area contributed by atoms with Gasteiger partial charge in [-0.3, -0.25) is 14.5 Å². The molecule has 0 unspecified atom stereocenters. The van der Waals surface area contributed by atoms with Crippen LogP contribution >= 0.6 is 0 Å². The van der Waals surface area contributed by atoms with Gasteiger partial charge in [0.05, 0.1) is 25.8 Å². The summed E-state index contributed by atoms with van der Waals surface area (Å²) >= 11 is 0. The molecule has 2 aliphatic rings. The molecule has 1 saturated heterocycles. The third-order valence-corrected chi connectivity index (χ3v) is 4.07. The zero-order chi connectivity index (χ0) is 16.2. The third kappa shape index (κ3) is 3.73. The molecule has 0 aromatic heterocycles. The Kier molecular flexibility index (Phi) is 4.66. The van der Waals surface area contributed by atoms with Crippen LogP contribution in [0, 0.1) is 0 Å². The van der Waals surface area contributed by atoms with E-state index in [2.05, 4.69) is 5.32 Å². The van der Waals surface area contributed by atoms with Gasteiger partial charge >= 0.3 is 0 Å². The minimum absolute atomic E-state index is 0.155. The first-order valence-corrected chi connectivity index (χ1v) is 7.86. The molecule has 1 aromatic rings. The van der Waals surface area contributed by atoms with Gasteiger partial charge in [-0.25, -0.2) is 0 Å². The van der Waals surface area contributed by atoms with Crippen molar-refractivity contribution in [2.24, 2.45) is 5.73 Å². The molecule has 0 aliphatic carbocycles. The highest BCUT2D eigenvalue weighted by Gasteiger charge is 2.30. The molecule has 7 heteroatoms. The monoisotopic (exact) mass is 319 g/mol. The molecule has 2 heterocycles. The number of anilines is 1. The van der Waals surface area contributed by atoms with E-state index in [1.165, 1.54) is 0 Å². The van der Waals surface area contributed by atoms with E-state index in [4.69, 9.17) is 15.2 Å². The number of rotatable bonds is 4. The van der Waals surface area contributed by atoms with E-state index in [0.717, 1.165) is 12.8 Å². The summed E-state index contributed by atoms with van der Waals surface area (Å²) in [7, 11) is 0. The first-order valence-electron chi connectivity index (χ1n) is 7.86. The number of ether oxygens (including phenoxy) is 2. The maximum absolute atomic E-state index is 12.2. The lowest BCUT2D eigenvalue weighted by Gasteiger charge is -2.21. The van der Waals surface area contributed by atoms with E-state index in [9.17, 15) is 9.59 Å². The van der Waals surface area contributed by atoms with Gasteiger partial charge in [-0.2, -0.15) is 0 Å². The van der Waals surface area contributed by atoms with Crippen LogP contribution < -0.4 is 20.5 Å².